The van der Waals surface area contributed by atoms with Gasteiger partial charge in [-0.05, 0) is 75.9 Å². The second-order valence-corrected chi connectivity index (χ2v) is 10.6. The molecule has 198 valence electrons. The number of epoxide rings is 1. The predicted molar refractivity (Wildman–Crippen MR) is 138 cm³/mol. The van der Waals surface area contributed by atoms with Gasteiger partial charge in [0.2, 0.25) is 0 Å². The van der Waals surface area contributed by atoms with Crippen molar-refractivity contribution in [2.45, 2.75) is 64.0 Å². The van der Waals surface area contributed by atoms with Gasteiger partial charge in [0.1, 0.15) is 0 Å². The third-order valence-electron chi connectivity index (χ3n) is 5.80. The maximum Gasteiger partial charge on any atom is 0.0781 e. The fourth-order valence-electron chi connectivity index (χ4n) is 3.07. The normalized spacial score (nSPS) is 35.5. The maximum atomic E-state index is 5.61. The molecule has 6 heterocycles. The standard InChI is InChI=1S/C7H13NO.C5H11NO.C4H9N.C3H7N.C3H9N.C3H6O/c1-5-2-6-3-7(9-5)4-8-6;1-6-2-4-7-5-3-6;1-4-3-5(4)2;1-4-2-3-4;1-4(2)3;1-3-2-4-3/h5-8H,2-4H2,1H3;2-5H2,1H3;4H,3H2,1-2H3;2-3H2,1H3;1-3H3;3H,2H2,1H3/t5?,6-,7+;;;;;/m1...../s1. The Morgan fingerprint density at radius 1 is 0.818 bits per heavy atom. The van der Waals surface area contributed by atoms with Gasteiger partial charge in [-0.25, -0.2) is 0 Å². The lowest BCUT2D eigenvalue weighted by molar-refractivity contribution is -0.0174. The Hall–Kier alpha value is -0.320. The molecule has 6 rings (SSSR count). The largest absolute Gasteiger partial charge is 0.379 e. The van der Waals surface area contributed by atoms with Crippen LogP contribution in [0.15, 0.2) is 0 Å². The predicted octanol–water partition coefficient (Wildman–Crippen LogP) is 1.31. The summed E-state index contributed by atoms with van der Waals surface area (Å²) in [6.07, 6.45) is 4.04. The van der Waals surface area contributed by atoms with Crippen LogP contribution in [0.1, 0.15) is 33.6 Å². The molecule has 6 fully saturated rings. The Morgan fingerprint density at radius 3 is 1.52 bits per heavy atom. The number of fused-ring (bicyclic) bond motifs is 2. The molecule has 6 saturated heterocycles. The molecule has 8 heteroatoms. The van der Waals surface area contributed by atoms with Crippen LogP contribution >= 0.6 is 0 Å². The molecular formula is C25H55N5O3. The number of likely N-dealkylation sites (N-methyl/N-ethyl adjacent to an activating group) is 3. The summed E-state index contributed by atoms with van der Waals surface area (Å²) in [7, 11) is 12.4. The molecule has 6 aliphatic rings. The monoisotopic (exact) mass is 473 g/mol. The summed E-state index contributed by atoms with van der Waals surface area (Å²) in [5.74, 6) is 0. The number of rotatable bonds is 0. The van der Waals surface area contributed by atoms with E-state index in [0.717, 1.165) is 51.5 Å². The summed E-state index contributed by atoms with van der Waals surface area (Å²) < 4.78 is 15.4. The summed E-state index contributed by atoms with van der Waals surface area (Å²) in [5, 5.41) is 3.42. The molecule has 2 bridgehead atoms. The van der Waals surface area contributed by atoms with Crippen LogP contribution in [-0.2, 0) is 14.2 Å². The molecule has 6 aliphatic heterocycles. The minimum absolute atomic E-state index is 0.490. The van der Waals surface area contributed by atoms with E-state index in [1.165, 1.54) is 32.5 Å². The summed E-state index contributed by atoms with van der Waals surface area (Å²) in [6, 6.07) is 1.65. The van der Waals surface area contributed by atoms with Crippen molar-refractivity contribution >= 4 is 0 Å². The van der Waals surface area contributed by atoms with E-state index >= 15 is 0 Å². The van der Waals surface area contributed by atoms with Gasteiger partial charge in [0.15, 0.2) is 0 Å². The third-order valence-corrected chi connectivity index (χ3v) is 5.80. The van der Waals surface area contributed by atoms with Crippen LogP contribution in [0.5, 0.6) is 0 Å². The summed E-state index contributed by atoms with van der Waals surface area (Å²) in [4.78, 5) is 8.81. The summed E-state index contributed by atoms with van der Waals surface area (Å²) in [6.45, 7) is 16.5. The molecule has 6 atom stereocenters. The topological polar surface area (TPSA) is 55.5 Å². The van der Waals surface area contributed by atoms with Crippen molar-refractivity contribution in [2.24, 2.45) is 0 Å². The molecule has 0 aromatic rings. The molecule has 0 spiro atoms. The molecule has 0 amide bonds. The van der Waals surface area contributed by atoms with E-state index in [1.54, 1.807) is 0 Å². The van der Waals surface area contributed by atoms with Crippen LogP contribution in [0.25, 0.3) is 0 Å². The van der Waals surface area contributed by atoms with Crippen LogP contribution in [0.3, 0.4) is 0 Å². The fraction of sp³-hybridized carbons (Fsp3) is 1.00. The van der Waals surface area contributed by atoms with Crippen LogP contribution in [-0.4, -0.2) is 151 Å². The number of nitrogens with one attached hydrogen (secondary N) is 1. The molecule has 8 nitrogen and oxygen atoms in total. The molecule has 0 aliphatic carbocycles. The van der Waals surface area contributed by atoms with E-state index in [-0.39, 0.29) is 0 Å². The van der Waals surface area contributed by atoms with E-state index < -0.39 is 0 Å². The first kappa shape index (κ1) is 30.7. The molecular weight excluding hydrogens is 418 g/mol. The average molecular weight is 474 g/mol. The minimum Gasteiger partial charge on any atom is -0.379 e. The summed E-state index contributed by atoms with van der Waals surface area (Å²) in [5.41, 5.74) is 0. The van der Waals surface area contributed by atoms with Gasteiger partial charge in [-0.2, -0.15) is 0 Å². The first-order valence-electron chi connectivity index (χ1n) is 12.8. The van der Waals surface area contributed by atoms with E-state index in [0.29, 0.717) is 18.3 Å². The lowest BCUT2D eigenvalue weighted by Gasteiger charge is -2.24. The second kappa shape index (κ2) is 17.2. The highest BCUT2D eigenvalue weighted by atomic mass is 16.6. The molecule has 0 saturated carbocycles. The zero-order chi connectivity index (χ0) is 24.8. The SMILES string of the molecule is CC1CN1C.CC1CO1.CC1C[C@@H]2C[C@@H](CN2)O1.CN(C)C.CN1CC1.CN1CCOCC1. The van der Waals surface area contributed by atoms with E-state index in [4.69, 9.17) is 14.2 Å². The van der Waals surface area contributed by atoms with Crippen LogP contribution in [0.4, 0.5) is 0 Å². The minimum atomic E-state index is 0.490. The molecule has 4 unspecified atom stereocenters. The van der Waals surface area contributed by atoms with E-state index in [9.17, 15) is 0 Å². The number of hydrogen-bond donors (Lipinski definition) is 1. The number of nitrogens with zero attached hydrogens (tertiary/aromatic N) is 4. The van der Waals surface area contributed by atoms with Gasteiger partial charge in [-0.1, -0.05) is 0 Å². The van der Waals surface area contributed by atoms with Crippen molar-refractivity contribution in [1.82, 2.24) is 24.9 Å². The molecule has 33 heavy (non-hydrogen) atoms. The Morgan fingerprint density at radius 2 is 1.24 bits per heavy atom. The Kier molecular flexibility index (Phi) is 16.0. The lowest BCUT2D eigenvalue weighted by Crippen LogP contribution is -2.32. The molecule has 0 aromatic heterocycles. The Labute approximate surface area is 204 Å². The quantitative estimate of drug-likeness (QED) is 0.529. The first-order chi connectivity index (χ1) is 15.6. The van der Waals surface area contributed by atoms with E-state index in [1.807, 2.05) is 26.0 Å². The van der Waals surface area contributed by atoms with Gasteiger partial charge in [-0.15, -0.1) is 0 Å². The first-order valence-corrected chi connectivity index (χ1v) is 12.8. The van der Waals surface area contributed by atoms with Crippen LogP contribution in [0.2, 0.25) is 0 Å². The summed E-state index contributed by atoms with van der Waals surface area (Å²) >= 11 is 0. The lowest BCUT2D eigenvalue weighted by atomic mass is 10.0. The van der Waals surface area contributed by atoms with Gasteiger partial charge in [0.25, 0.3) is 0 Å². The van der Waals surface area contributed by atoms with Gasteiger partial charge in [0, 0.05) is 51.4 Å². The van der Waals surface area contributed by atoms with Crippen molar-refractivity contribution in [3.63, 3.8) is 0 Å². The number of morpholine rings is 1. The molecule has 1 N–H and O–H groups in total. The zero-order valence-electron chi connectivity index (χ0n) is 23.2. The van der Waals surface area contributed by atoms with Crippen molar-refractivity contribution in [1.29, 1.82) is 0 Å². The van der Waals surface area contributed by atoms with Gasteiger partial charge in [0.05, 0.1) is 38.1 Å². The highest BCUT2D eigenvalue weighted by Gasteiger charge is 2.32. The Bertz CT molecular complexity index is 440. The van der Waals surface area contributed by atoms with Crippen molar-refractivity contribution in [2.75, 3.05) is 101 Å². The van der Waals surface area contributed by atoms with Gasteiger partial charge >= 0.3 is 0 Å². The van der Waals surface area contributed by atoms with Gasteiger partial charge < -0.3 is 39.1 Å². The third kappa shape index (κ3) is 20.7. The van der Waals surface area contributed by atoms with Crippen molar-refractivity contribution < 1.29 is 14.2 Å². The molecule has 0 aromatic carbocycles. The smallest absolute Gasteiger partial charge is 0.0781 e. The number of hydrogen-bond acceptors (Lipinski definition) is 8. The number of ether oxygens (including phenoxy) is 3. The molecule has 0 radical (unpaired) electrons. The van der Waals surface area contributed by atoms with Crippen molar-refractivity contribution in [3.05, 3.63) is 0 Å². The van der Waals surface area contributed by atoms with Crippen LogP contribution < -0.4 is 5.32 Å². The zero-order valence-corrected chi connectivity index (χ0v) is 23.2. The van der Waals surface area contributed by atoms with Crippen LogP contribution in [0, 0.1) is 0 Å². The maximum absolute atomic E-state index is 5.61. The van der Waals surface area contributed by atoms with Gasteiger partial charge in [-0.3, -0.25) is 0 Å². The fourth-order valence-corrected chi connectivity index (χ4v) is 3.07. The Balaban J connectivity index is 0.000000205. The highest BCUT2D eigenvalue weighted by molar-refractivity contribution is 4.88. The average Bonchev–Trinajstić information content (AvgIpc) is 3.69. The van der Waals surface area contributed by atoms with Crippen molar-refractivity contribution in [3.8, 4) is 0 Å². The highest BCUT2D eigenvalue weighted by Crippen LogP contribution is 2.23. The second-order valence-electron chi connectivity index (χ2n) is 10.6. The van der Waals surface area contributed by atoms with E-state index in [2.05, 4.69) is 61.9 Å².